The van der Waals surface area contributed by atoms with Gasteiger partial charge < -0.3 is 5.11 Å². The second kappa shape index (κ2) is 9.19. The van der Waals surface area contributed by atoms with Crippen LogP contribution in [0.25, 0.3) is 0 Å². The Kier molecular flexibility index (Phi) is 7.37. The lowest BCUT2D eigenvalue weighted by molar-refractivity contribution is -0.192. The molecular formula is C15H20F3N5O4S2. The van der Waals surface area contributed by atoms with Crippen molar-refractivity contribution in [1.82, 2.24) is 24.4 Å². The number of fused-ring (bicyclic) bond motifs is 1. The van der Waals surface area contributed by atoms with E-state index in [4.69, 9.17) is 9.90 Å². The average molecular weight is 455 g/mol. The molecule has 0 amide bonds. The molecule has 29 heavy (non-hydrogen) atoms. The maximum Gasteiger partial charge on any atom is 0.490 e. The third kappa shape index (κ3) is 7.38. The highest BCUT2D eigenvalue weighted by molar-refractivity contribution is 7.88. The number of aromatic nitrogens is 3. The van der Waals surface area contributed by atoms with E-state index < -0.39 is 22.2 Å². The van der Waals surface area contributed by atoms with Crippen LogP contribution in [-0.4, -0.2) is 64.7 Å². The van der Waals surface area contributed by atoms with Gasteiger partial charge in [-0.05, 0) is 13.0 Å². The molecular weight excluding hydrogens is 435 g/mol. The van der Waals surface area contributed by atoms with Crippen molar-refractivity contribution < 1.29 is 31.5 Å². The molecule has 1 unspecified atom stereocenters. The Labute approximate surface area is 169 Å². The van der Waals surface area contributed by atoms with E-state index in [-0.39, 0.29) is 6.04 Å². The largest absolute Gasteiger partial charge is 0.490 e. The summed E-state index contributed by atoms with van der Waals surface area (Å²) in [5, 5.41) is 14.6. The number of sulfonamides is 1. The lowest BCUT2D eigenvalue weighted by Gasteiger charge is -2.33. The first kappa shape index (κ1) is 23.3. The van der Waals surface area contributed by atoms with Crippen LogP contribution in [0.2, 0.25) is 0 Å². The minimum absolute atomic E-state index is 0.00629. The van der Waals surface area contributed by atoms with Crippen LogP contribution < -0.4 is 4.72 Å². The number of nitrogens with zero attached hydrogens (tertiary/aromatic N) is 4. The molecule has 14 heteroatoms. The molecule has 0 fully saturated rings. The molecule has 0 aliphatic carbocycles. The smallest absolute Gasteiger partial charge is 0.475 e. The SMILES string of the molecule is Cc1nc(CN2Cc3ccnn3C(CNS(C)(=O)=O)C2)cs1.O=C(O)C(F)(F)F. The molecule has 2 aromatic heterocycles. The Hall–Kier alpha value is -2.03. The maximum absolute atomic E-state index is 11.3. The molecule has 0 bridgehead atoms. The monoisotopic (exact) mass is 455 g/mol. The van der Waals surface area contributed by atoms with Crippen molar-refractivity contribution in [2.24, 2.45) is 0 Å². The van der Waals surface area contributed by atoms with Crippen LogP contribution >= 0.6 is 11.3 Å². The van der Waals surface area contributed by atoms with Gasteiger partial charge in [0.15, 0.2) is 0 Å². The van der Waals surface area contributed by atoms with Crippen molar-refractivity contribution in [2.75, 3.05) is 19.3 Å². The molecule has 2 N–H and O–H groups in total. The summed E-state index contributed by atoms with van der Waals surface area (Å²) in [4.78, 5) is 15.7. The third-order valence-electron chi connectivity index (χ3n) is 3.83. The van der Waals surface area contributed by atoms with E-state index in [0.29, 0.717) is 6.54 Å². The number of nitrogens with one attached hydrogen (secondary N) is 1. The number of carboxylic acid groups (broad SMARTS) is 1. The van der Waals surface area contributed by atoms with Gasteiger partial charge in [0.05, 0.1) is 28.7 Å². The first-order valence-electron chi connectivity index (χ1n) is 8.25. The predicted molar refractivity (Wildman–Crippen MR) is 98.8 cm³/mol. The van der Waals surface area contributed by atoms with Gasteiger partial charge in [0.2, 0.25) is 10.0 Å². The van der Waals surface area contributed by atoms with Crippen molar-refractivity contribution in [3.63, 3.8) is 0 Å². The maximum atomic E-state index is 11.3. The third-order valence-corrected chi connectivity index (χ3v) is 5.34. The van der Waals surface area contributed by atoms with Crippen LogP contribution in [0.1, 0.15) is 22.4 Å². The van der Waals surface area contributed by atoms with Gasteiger partial charge in [0, 0.05) is 37.8 Å². The van der Waals surface area contributed by atoms with Gasteiger partial charge in [-0.2, -0.15) is 18.3 Å². The molecule has 3 heterocycles. The topological polar surface area (TPSA) is 117 Å². The zero-order chi connectivity index (χ0) is 21.8. The number of alkyl halides is 3. The lowest BCUT2D eigenvalue weighted by Crippen LogP contribution is -2.42. The van der Waals surface area contributed by atoms with Crippen LogP contribution in [0.3, 0.4) is 0 Å². The van der Waals surface area contributed by atoms with E-state index in [1.807, 2.05) is 17.7 Å². The number of thiazole rings is 1. The Balaban J connectivity index is 0.000000370. The number of hydrogen-bond donors (Lipinski definition) is 2. The normalized spacial score (nSPS) is 17.3. The minimum atomic E-state index is -5.08. The van der Waals surface area contributed by atoms with Gasteiger partial charge in [-0.1, -0.05) is 0 Å². The molecule has 0 saturated heterocycles. The van der Waals surface area contributed by atoms with E-state index in [9.17, 15) is 21.6 Å². The standard InChI is InChI=1S/C13H19N5O2S2.C2HF3O2/c1-10-16-11(9-21-10)6-17-7-12-3-4-14-18(12)13(8-17)5-15-22(2,19)20;3-2(4,5)1(6)7/h3-4,9,13,15H,5-8H2,1-2H3;(H,6,7). The molecule has 9 nitrogen and oxygen atoms in total. The predicted octanol–water partition coefficient (Wildman–Crippen LogP) is 1.39. The van der Waals surface area contributed by atoms with Crippen molar-refractivity contribution >= 4 is 27.3 Å². The first-order valence-corrected chi connectivity index (χ1v) is 11.0. The number of carbonyl (C=O) groups is 1. The molecule has 0 saturated carbocycles. The Morgan fingerprint density at radius 2 is 2.10 bits per heavy atom. The number of hydrogen-bond acceptors (Lipinski definition) is 7. The summed E-state index contributed by atoms with van der Waals surface area (Å²) in [6.07, 6.45) is -2.14. The number of carboxylic acids is 1. The number of halogens is 3. The van der Waals surface area contributed by atoms with Crippen molar-refractivity contribution in [3.05, 3.63) is 34.0 Å². The number of rotatable bonds is 5. The molecule has 0 spiro atoms. The van der Waals surface area contributed by atoms with E-state index in [1.165, 1.54) is 6.26 Å². The van der Waals surface area contributed by atoms with Crippen LogP contribution in [0, 0.1) is 6.92 Å². The van der Waals surface area contributed by atoms with Gasteiger partial charge in [-0.25, -0.2) is 22.9 Å². The van der Waals surface area contributed by atoms with E-state index in [0.717, 1.165) is 36.0 Å². The van der Waals surface area contributed by atoms with Crippen LogP contribution in [0.5, 0.6) is 0 Å². The van der Waals surface area contributed by atoms with E-state index >= 15 is 0 Å². The zero-order valence-electron chi connectivity index (χ0n) is 15.5. The summed E-state index contributed by atoms with van der Waals surface area (Å²) in [5.41, 5.74) is 2.16. The fourth-order valence-corrected chi connectivity index (χ4v) is 3.79. The summed E-state index contributed by atoms with van der Waals surface area (Å²) in [5.74, 6) is -2.76. The molecule has 1 atom stereocenters. The molecule has 162 valence electrons. The Bertz CT molecular complexity index is 942. The van der Waals surface area contributed by atoms with Crippen LogP contribution in [-0.2, 0) is 27.9 Å². The van der Waals surface area contributed by atoms with Gasteiger partial charge in [-0.3, -0.25) is 9.58 Å². The molecule has 2 aromatic rings. The van der Waals surface area contributed by atoms with Crippen molar-refractivity contribution in [1.29, 1.82) is 0 Å². The van der Waals surface area contributed by atoms with Gasteiger partial charge in [0.25, 0.3) is 0 Å². The summed E-state index contributed by atoms with van der Waals surface area (Å²) in [6.45, 7) is 4.66. The van der Waals surface area contributed by atoms with Gasteiger partial charge in [0.1, 0.15) is 0 Å². The van der Waals surface area contributed by atoms with Crippen molar-refractivity contribution in [3.8, 4) is 0 Å². The van der Waals surface area contributed by atoms with Crippen LogP contribution in [0.4, 0.5) is 13.2 Å². The quantitative estimate of drug-likeness (QED) is 0.700. The highest BCUT2D eigenvalue weighted by Gasteiger charge is 2.38. The molecule has 0 radical (unpaired) electrons. The fourth-order valence-electron chi connectivity index (χ4n) is 2.69. The highest BCUT2D eigenvalue weighted by Crippen LogP contribution is 2.22. The van der Waals surface area contributed by atoms with Crippen molar-refractivity contribution in [2.45, 2.75) is 32.2 Å². The summed E-state index contributed by atoms with van der Waals surface area (Å²) in [7, 11) is -3.20. The second-order valence-electron chi connectivity index (χ2n) is 6.37. The average Bonchev–Trinajstić information content (AvgIpc) is 3.20. The highest BCUT2D eigenvalue weighted by atomic mass is 32.2. The van der Waals surface area contributed by atoms with Gasteiger partial charge >= 0.3 is 12.1 Å². The summed E-state index contributed by atoms with van der Waals surface area (Å²) in [6, 6.07) is 1.97. The van der Waals surface area contributed by atoms with Crippen LogP contribution in [0.15, 0.2) is 17.6 Å². The second-order valence-corrected chi connectivity index (χ2v) is 9.27. The molecule has 1 aliphatic rings. The van der Waals surface area contributed by atoms with E-state index in [2.05, 4.69) is 25.1 Å². The minimum Gasteiger partial charge on any atom is -0.475 e. The lowest BCUT2D eigenvalue weighted by atomic mass is 10.2. The fraction of sp³-hybridized carbons (Fsp3) is 0.533. The van der Waals surface area contributed by atoms with Gasteiger partial charge in [-0.15, -0.1) is 11.3 Å². The Morgan fingerprint density at radius 3 is 2.62 bits per heavy atom. The molecule has 3 rings (SSSR count). The summed E-state index contributed by atoms with van der Waals surface area (Å²) < 4.78 is 58.9. The molecule has 1 aliphatic heterocycles. The number of aryl methyl sites for hydroxylation is 1. The summed E-state index contributed by atoms with van der Waals surface area (Å²) >= 11 is 1.65. The first-order chi connectivity index (χ1) is 13.3. The van der Waals surface area contributed by atoms with E-state index in [1.54, 1.807) is 17.5 Å². The Morgan fingerprint density at radius 1 is 1.45 bits per heavy atom. The number of aliphatic carboxylic acids is 1. The molecule has 0 aromatic carbocycles. The zero-order valence-corrected chi connectivity index (χ0v) is 17.2.